The van der Waals surface area contributed by atoms with Crippen LogP contribution in [-0.2, 0) is 11.3 Å². The second-order valence-electron chi connectivity index (χ2n) is 3.08. The highest BCUT2D eigenvalue weighted by Crippen LogP contribution is 2.05. The van der Waals surface area contributed by atoms with E-state index in [1.807, 2.05) is 25.3 Å². The maximum atomic E-state index is 5.21. The molecule has 0 amide bonds. The van der Waals surface area contributed by atoms with Crippen LogP contribution in [0.25, 0.3) is 0 Å². The van der Waals surface area contributed by atoms with Gasteiger partial charge < -0.3 is 14.8 Å². The quantitative estimate of drug-likeness (QED) is 0.687. The Hall–Kier alpha value is -1.13. The zero-order valence-electron chi connectivity index (χ0n) is 9.32. The second-order valence-corrected chi connectivity index (χ2v) is 3.08. The van der Waals surface area contributed by atoms with Crippen molar-refractivity contribution < 1.29 is 9.47 Å². The first kappa shape index (κ1) is 11.9. The first-order chi connectivity index (χ1) is 7.36. The van der Waals surface area contributed by atoms with E-state index >= 15 is 0 Å². The van der Waals surface area contributed by atoms with Crippen molar-refractivity contribution in [3.63, 3.8) is 0 Å². The lowest BCUT2D eigenvalue weighted by atomic mass is 10.3. The fourth-order valence-corrected chi connectivity index (χ4v) is 1.16. The average molecular weight is 210 g/mol. The number of aromatic nitrogens is 1. The molecular weight excluding hydrogens is 192 g/mol. The lowest BCUT2D eigenvalue weighted by Crippen LogP contribution is -2.19. The molecule has 0 saturated heterocycles. The van der Waals surface area contributed by atoms with Gasteiger partial charge in [-0.05, 0) is 12.5 Å². The molecule has 1 rings (SSSR count). The molecule has 4 nitrogen and oxygen atoms in total. The van der Waals surface area contributed by atoms with Crippen molar-refractivity contribution in [1.29, 1.82) is 0 Å². The Labute approximate surface area is 90.6 Å². The van der Waals surface area contributed by atoms with Crippen LogP contribution in [0.2, 0.25) is 0 Å². The maximum absolute atomic E-state index is 5.21. The van der Waals surface area contributed by atoms with Crippen LogP contribution in [0.4, 0.5) is 0 Å². The SMILES string of the molecule is CCOCCNCc1ccc(OC)nc1. The minimum atomic E-state index is 0.646. The number of hydrogen-bond acceptors (Lipinski definition) is 4. The summed E-state index contributed by atoms with van der Waals surface area (Å²) in [6.45, 7) is 5.18. The molecule has 0 aliphatic carbocycles. The Morgan fingerprint density at radius 2 is 2.27 bits per heavy atom. The van der Waals surface area contributed by atoms with Crippen molar-refractivity contribution in [2.45, 2.75) is 13.5 Å². The van der Waals surface area contributed by atoms with Gasteiger partial charge in [0.15, 0.2) is 0 Å². The first-order valence-corrected chi connectivity index (χ1v) is 5.14. The highest BCUT2D eigenvalue weighted by molar-refractivity contribution is 5.17. The van der Waals surface area contributed by atoms with E-state index in [4.69, 9.17) is 9.47 Å². The fraction of sp³-hybridized carbons (Fsp3) is 0.545. The van der Waals surface area contributed by atoms with E-state index in [-0.39, 0.29) is 0 Å². The molecule has 4 heteroatoms. The van der Waals surface area contributed by atoms with Crippen LogP contribution >= 0.6 is 0 Å². The molecule has 0 atom stereocenters. The Kier molecular flexibility index (Phi) is 5.73. The molecule has 1 aromatic rings. The molecule has 0 unspecified atom stereocenters. The third-order valence-corrected chi connectivity index (χ3v) is 1.96. The molecule has 1 heterocycles. The molecule has 0 fully saturated rings. The monoisotopic (exact) mass is 210 g/mol. The lowest BCUT2D eigenvalue weighted by molar-refractivity contribution is 0.149. The number of hydrogen-bond donors (Lipinski definition) is 1. The van der Waals surface area contributed by atoms with E-state index in [9.17, 15) is 0 Å². The van der Waals surface area contributed by atoms with Crippen molar-refractivity contribution in [2.75, 3.05) is 26.9 Å². The molecule has 0 bridgehead atoms. The highest BCUT2D eigenvalue weighted by Gasteiger charge is 1.94. The number of rotatable bonds is 7. The summed E-state index contributed by atoms with van der Waals surface area (Å²) in [5.74, 6) is 0.646. The summed E-state index contributed by atoms with van der Waals surface area (Å²) < 4.78 is 10.2. The van der Waals surface area contributed by atoms with Crippen LogP contribution < -0.4 is 10.1 Å². The fourth-order valence-electron chi connectivity index (χ4n) is 1.16. The van der Waals surface area contributed by atoms with Gasteiger partial charge in [0.2, 0.25) is 5.88 Å². The topological polar surface area (TPSA) is 43.4 Å². The van der Waals surface area contributed by atoms with Crippen LogP contribution in [-0.4, -0.2) is 31.9 Å². The molecular formula is C11H18N2O2. The van der Waals surface area contributed by atoms with E-state index in [1.54, 1.807) is 7.11 Å². The Morgan fingerprint density at radius 1 is 1.40 bits per heavy atom. The van der Waals surface area contributed by atoms with Gasteiger partial charge in [-0.25, -0.2) is 4.98 Å². The van der Waals surface area contributed by atoms with Crippen molar-refractivity contribution in [2.24, 2.45) is 0 Å². The second kappa shape index (κ2) is 7.20. The highest BCUT2D eigenvalue weighted by atomic mass is 16.5. The molecule has 0 aliphatic rings. The van der Waals surface area contributed by atoms with E-state index in [0.29, 0.717) is 5.88 Å². The lowest BCUT2D eigenvalue weighted by Gasteiger charge is -2.05. The smallest absolute Gasteiger partial charge is 0.212 e. The zero-order valence-corrected chi connectivity index (χ0v) is 9.32. The van der Waals surface area contributed by atoms with Gasteiger partial charge in [-0.3, -0.25) is 0 Å². The van der Waals surface area contributed by atoms with E-state index < -0.39 is 0 Å². The molecule has 1 aromatic heterocycles. The molecule has 1 N–H and O–H groups in total. The number of methoxy groups -OCH3 is 1. The number of pyridine rings is 1. The van der Waals surface area contributed by atoms with Gasteiger partial charge in [0.1, 0.15) is 0 Å². The number of ether oxygens (including phenoxy) is 2. The third kappa shape index (κ3) is 4.76. The summed E-state index contributed by atoms with van der Waals surface area (Å²) in [6, 6.07) is 3.86. The van der Waals surface area contributed by atoms with Crippen LogP contribution in [0.5, 0.6) is 5.88 Å². The van der Waals surface area contributed by atoms with Gasteiger partial charge in [0.05, 0.1) is 13.7 Å². The Morgan fingerprint density at radius 3 is 2.87 bits per heavy atom. The summed E-state index contributed by atoms with van der Waals surface area (Å²) in [4.78, 5) is 4.12. The standard InChI is InChI=1S/C11H18N2O2/c1-3-15-7-6-12-8-10-4-5-11(14-2)13-9-10/h4-5,9,12H,3,6-8H2,1-2H3. The minimum Gasteiger partial charge on any atom is -0.481 e. The summed E-state index contributed by atoms with van der Waals surface area (Å²) >= 11 is 0. The third-order valence-electron chi connectivity index (χ3n) is 1.96. The molecule has 0 spiro atoms. The summed E-state index contributed by atoms with van der Waals surface area (Å²) in [5, 5.41) is 3.27. The predicted octanol–water partition coefficient (Wildman–Crippen LogP) is 1.22. The van der Waals surface area contributed by atoms with E-state index in [0.717, 1.165) is 31.9 Å². The normalized spacial score (nSPS) is 10.3. The molecule has 0 aliphatic heterocycles. The molecule has 0 radical (unpaired) electrons. The van der Waals surface area contributed by atoms with Gasteiger partial charge >= 0.3 is 0 Å². The molecule has 0 saturated carbocycles. The summed E-state index contributed by atoms with van der Waals surface area (Å²) in [5.41, 5.74) is 1.15. The average Bonchev–Trinajstić information content (AvgIpc) is 2.30. The number of nitrogens with zero attached hydrogens (tertiary/aromatic N) is 1. The van der Waals surface area contributed by atoms with Crippen LogP contribution in [0.15, 0.2) is 18.3 Å². The van der Waals surface area contributed by atoms with Gasteiger partial charge in [0, 0.05) is 32.0 Å². The van der Waals surface area contributed by atoms with E-state index in [2.05, 4.69) is 10.3 Å². The van der Waals surface area contributed by atoms with Crippen molar-refractivity contribution in [3.8, 4) is 5.88 Å². The van der Waals surface area contributed by atoms with Crippen LogP contribution in [0.1, 0.15) is 12.5 Å². The largest absolute Gasteiger partial charge is 0.481 e. The van der Waals surface area contributed by atoms with Gasteiger partial charge in [-0.1, -0.05) is 6.07 Å². The van der Waals surface area contributed by atoms with Crippen LogP contribution in [0.3, 0.4) is 0 Å². The minimum absolute atomic E-state index is 0.646. The van der Waals surface area contributed by atoms with Crippen molar-refractivity contribution >= 4 is 0 Å². The van der Waals surface area contributed by atoms with Crippen molar-refractivity contribution in [3.05, 3.63) is 23.9 Å². The van der Waals surface area contributed by atoms with Crippen LogP contribution in [0, 0.1) is 0 Å². The molecule has 84 valence electrons. The van der Waals surface area contributed by atoms with Crippen molar-refractivity contribution in [1.82, 2.24) is 10.3 Å². The number of nitrogens with one attached hydrogen (secondary N) is 1. The summed E-state index contributed by atoms with van der Waals surface area (Å²) in [6.07, 6.45) is 1.81. The predicted molar refractivity (Wildman–Crippen MR) is 59.0 cm³/mol. The van der Waals surface area contributed by atoms with Gasteiger partial charge in [-0.2, -0.15) is 0 Å². The van der Waals surface area contributed by atoms with Gasteiger partial charge in [-0.15, -0.1) is 0 Å². The molecule has 15 heavy (non-hydrogen) atoms. The Balaban J connectivity index is 2.20. The zero-order chi connectivity index (χ0) is 10.9. The summed E-state index contributed by atoms with van der Waals surface area (Å²) in [7, 11) is 1.61. The molecule has 0 aromatic carbocycles. The van der Waals surface area contributed by atoms with E-state index in [1.165, 1.54) is 0 Å². The maximum Gasteiger partial charge on any atom is 0.212 e. The van der Waals surface area contributed by atoms with Gasteiger partial charge in [0.25, 0.3) is 0 Å². The first-order valence-electron chi connectivity index (χ1n) is 5.14. The Bertz CT molecular complexity index is 262.